The van der Waals surface area contributed by atoms with Gasteiger partial charge in [0.05, 0.1) is 12.6 Å². The van der Waals surface area contributed by atoms with E-state index < -0.39 is 0 Å². The molecule has 4 rings (SSSR count). The van der Waals surface area contributed by atoms with Gasteiger partial charge in [0.25, 0.3) is 0 Å². The van der Waals surface area contributed by atoms with Crippen molar-refractivity contribution < 1.29 is 4.74 Å². The third-order valence-electron chi connectivity index (χ3n) is 3.85. The van der Waals surface area contributed by atoms with Gasteiger partial charge in [-0.1, -0.05) is 0 Å². The number of aromatic nitrogens is 3. The van der Waals surface area contributed by atoms with Gasteiger partial charge in [-0.25, -0.2) is 4.98 Å². The largest absolute Gasteiger partial charge is 0.481 e. The summed E-state index contributed by atoms with van der Waals surface area (Å²) in [4.78, 5) is 12.0. The second-order valence-corrected chi connectivity index (χ2v) is 4.89. The van der Waals surface area contributed by atoms with Crippen molar-refractivity contribution in [2.45, 2.75) is 6.92 Å². The van der Waals surface area contributed by atoms with E-state index in [0.717, 1.165) is 32.6 Å². The zero-order valence-corrected chi connectivity index (χ0v) is 11.3. The number of nitrogens with zero attached hydrogens (tertiary/aromatic N) is 2. The molecule has 0 aliphatic carbocycles. The molecule has 0 saturated heterocycles. The van der Waals surface area contributed by atoms with Crippen LogP contribution in [0.1, 0.15) is 5.56 Å². The molecule has 20 heavy (non-hydrogen) atoms. The van der Waals surface area contributed by atoms with Crippen molar-refractivity contribution in [3.8, 4) is 5.88 Å². The first-order valence-corrected chi connectivity index (χ1v) is 6.47. The van der Waals surface area contributed by atoms with Gasteiger partial charge >= 0.3 is 0 Å². The number of rotatable bonds is 1. The molecule has 3 heterocycles. The standard InChI is InChI=1S/C16H13N3O/c1-9-10-3-6-18-16(20-2)12(10)7-11-13-8-17-5-4-14(13)19-15(9)11/h3-8,19H,1-2H3. The van der Waals surface area contributed by atoms with Gasteiger partial charge < -0.3 is 9.72 Å². The maximum absolute atomic E-state index is 5.38. The number of aromatic amines is 1. The van der Waals surface area contributed by atoms with Crippen molar-refractivity contribution in [1.29, 1.82) is 0 Å². The molecular weight excluding hydrogens is 250 g/mol. The van der Waals surface area contributed by atoms with Crippen molar-refractivity contribution in [3.05, 3.63) is 42.4 Å². The van der Waals surface area contributed by atoms with Gasteiger partial charge in [-0.05, 0) is 36.1 Å². The van der Waals surface area contributed by atoms with E-state index in [4.69, 9.17) is 4.74 Å². The van der Waals surface area contributed by atoms with Crippen LogP contribution in [0.5, 0.6) is 5.88 Å². The van der Waals surface area contributed by atoms with Crippen molar-refractivity contribution in [3.63, 3.8) is 0 Å². The van der Waals surface area contributed by atoms with Crippen LogP contribution in [-0.4, -0.2) is 22.1 Å². The smallest absolute Gasteiger partial charge is 0.221 e. The zero-order chi connectivity index (χ0) is 13.7. The van der Waals surface area contributed by atoms with E-state index in [1.807, 2.05) is 18.3 Å². The number of pyridine rings is 2. The highest BCUT2D eigenvalue weighted by atomic mass is 16.5. The van der Waals surface area contributed by atoms with Crippen LogP contribution in [-0.2, 0) is 0 Å². The summed E-state index contributed by atoms with van der Waals surface area (Å²) in [6.45, 7) is 2.12. The van der Waals surface area contributed by atoms with E-state index >= 15 is 0 Å². The Morgan fingerprint density at radius 1 is 1.05 bits per heavy atom. The number of aryl methyl sites for hydroxylation is 1. The normalized spacial score (nSPS) is 11.5. The van der Waals surface area contributed by atoms with Crippen LogP contribution in [0.3, 0.4) is 0 Å². The molecule has 4 nitrogen and oxygen atoms in total. The number of hydrogen-bond donors (Lipinski definition) is 1. The van der Waals surface area contributed by atoms with Crippen molar-refractivity contribution in [1.82, 2.24) is 15.0 Å². The van der Waals surface area contributed by atoms with Crippen LogP contribution in [0.15, 0.2) is 36.8 Å². The zero-order valence-electron chi connectivity index (χ0n) is 11.3. The lowest BCUT2D eigenvalue weighted by atomic mass is 10.0. The fourth-order valence-electron chi connectivity index (χ4n) is 2.86. The second kappa shape index (κ2) is 3.93. The van der Waals surface area contributed by atoms with E-state index in [9.17, 15) is 0 Å². The van der Waals surface area contributed by atoms with Gasteiger partial charge in [-0.3, -0.25) is 4.98 Å². The summed E-state index contributed by atoms with van der Waals surface area (Å²) in [7, 11) is 1.65. The number of fused-ring (bicyclic) bond motifs is 4. The molecule has 0 unspecified atom stereocenters. The molecule has 0 radical (unpaired) electrons. The van der Waals surface area contributed by atoms with Crippen molar-refractivity contribution in [2.75, 3.05) is 7.11 Å². The number of ether oxygens (including phenoxy) is 1. The summed E-state index contributed by atoms with van der Waals surface area (Å²) in [6.07, 6.45) is 5.47. The summed E-state index contributed by atoms with van der Waals surface area (Å²) in [5, 5.41) is 4.47. The molecule has 0 fully saturated rings. The summed E-state index contributed by atoms with van der Waals surface area (Å²) < 4.78 is 5.38. The highest BCUT2D eigenvalue weighted by Gasteiger charge is 2.12. The highest BCUT2D eigenvalue weighted by molar-refractivity contribution is 6.14. The molecule has 0 spiro atoms. The third-order valence-corrected chi connectivity index (χ3v) is 3.85. The number of hydrogen-bond acceptors (Lipinski definition) is 3. The third kappa shape index (κ3) is 1.36. The summed E-state index contributed by atoms with van der Waals surface area (Å²) in [6, 6.07) is 6.15. The molecule has 0 amide bonds. The molecule has 0 atom stereocenters. The van der Waals surface area contributed by atoms with Crippen molar-refractivity contribution in [2.24, 2.45) is 0 Å². The maximum atomic E-state index is 5.38. The van der Waals surface area contributed by atoms with Crippen molar-refractivity contribution >= 4 is 32.6 Å². The second-order valence-electron chi connectivity index (χ2n) is 4.89. The predicted octanol–water partition coefficient (Wildman–Crippen LogP) is 3.58. The molecule has 0 saturated carbocycles. The fraction of sp³-hybridized carbons (Fsp3) is 0.125. The molecule has 4 aromatic rings. The van der Waals surface area contributed by atoms with Crippen LogP contribution in [0.2, 0.25) is 0 Å². The molecule has 98 valence electrons. The highest BCUT2D eigenvalue weighted by Crippen LogP contribution is 2.35. The van der Waals surface area contributed by atoms with E-state index in [1.165, 1.54) is 5.56 Å². The average molecular weight is 263 g/mol. The quantitative estimate of drug-likeness (QED) is 0.571. The number of methoxy groups -OCH3 is 1. The van der Waals surface area contributed by atoms with Crippen LogP contribution >= 0.6 is 0 Å². The van der Waals surface area contributed by atoms with Gasteiger partial charge in [0, 0.05) is 40.3 Å². The molecule has 4 heteroatoms. The minimum atomic E-state index is 0.658. The Kier molecular flexibility index (Phi) is 2.21. The first-order valence-electron chi connectivity index (χ1n) is 6.47. The Morgan fingerprint density at radius 2 is 1.95 bits per heavy atom. The summed E-state index contributed by atoms with van der Waals surface area (Å²) in [5.74, 6) is 0.658. The molecule has 0 aliphatic rings. The monoisotopic (exact) mass is 263 g/mol. The first kappa shape index (κ1) is 11.2. The molecule has 0 bridgehead atoms. The lowest BCUT2D eigenvalue weighted by Crippen LogP contribution is -1.90. The lowest BCUT2D eigenvalue weighted by Gasteiger charge is -2.07. The number of H-pyrrole nitrogens is 1. The van der Waals surface area contributed by atoms with Crippen LogP contribution in [0.25, 0.3) is 32.6 Å². The Bertz CT molecular complexity index is 956. The predicted molar refractivity (Wildman–Crippen MR) is 80.2 cm³/mol. The Balaban J connectivity index is 2.28. The topological polar surface area (TPSA) is 50.8 Å². The van der Waals surface area contributed by atoms with E-state index in [0.29, 0.717) is 5.88 Å². The van der Waals surface area contributed by atoms with Crippen LogP contribution in [0, 0.1) is 6.92 Å². The Labute approximate surface area is 115 Å². The molecule has 0 aliphatic heterocycles. The van der Waals surface area contributed by atoms with E-state index in [-0.39, 0.29) is 0 Å². The fourth-order valence-corrected chi connectivity index (χ4v) is 2.86. The lowest BCUT2D eigenvalue weighted by molar-refractivity contribution is 0.403. The van der Waals surface area contributed by atoms with E-state index in [2.05, 4.69) is 27.9 Å². The SMILES string of the molecule is COc1nccc2c(C)c3[nH]c4ccncc4c3cc12. The van der Waals surface area contributed by atoms with Gasteiger partial charge in [-0.15, -0.1) is 0 Å². The minimum Gasteiger partial charge on any atom is -0.481 e. The van der Waals surface area contributed by atoms with Crippen LogP contribution < -0.4 is 4.74 Å². The minimum absolute atomic E-state index is 0.658. The van der Waals surface area contributed by atoms with E-state index in [1.54, 1.807) is 19.5 Å². The average Bonchev–Trinajstić information content (AvgIpc) is 2.86. The summed E-state index contributed by atoms with van der Waals surface area (Å²) >= 11 is 0. The Hall–Kier alpha value is -2.62. The van der Waals surface area contributed by atoms with Gasteiger partial charge in [0.2, 0.25) is 5.88 Å². The Morgan fingerprint density at radius 3 is 2.80 bits per heavy atom. The first-order chi connectivity index (χ1) is 9.79. The summed E-state index contributed by atoms with van der Waals surface area (Å²) in [5.41, 5.74) is 3.45. The number of benzene rings is 1. The molecule has 3 aromatic heterocycles. The molecule has 1 aromatic carbocycles. The van der Waals surface area contributed by atoms with Gasteiger partial charge in [0.15, 0.2) is 0 Å². The molecular formula is C16H13N3O. The maximum Gasteiger partial charge on any atom is 0.221 e. The van der Waals surface area contributed by atoms with Gasteiger partial charge in [-0.2, -0.15) is 0 Å². The van der Waals surface area contributed by atoms with Crippen LogP contribution in [0.4, 0.5) is 0 Å². The number of nitrogens with one attached hydrogen (secondary N) is 1. The van der Waals surface area contributed by atoms with Gasteiger partial charge in [0.1, 0.15) is 0 Å². The molecule has 1 N–H and O–H groups in total.